The Kier molecular flexibility index (Phi) is 2.84. The number of methoxy groups -OCH3 is 2. The van der Waals surface area contributed by atoms with Gasteiger partial charge in [-0.3, -0.25) is 4.79 Å². The molecule has 11 heavy (non-hydrogen) atoms. The molecule has 0 amide bonds. The van der Waals surface area contributed by atoms with E-state index in [0.29, 0.717) is 13.0 Å². The van der Waals surface area contributed by atoms with Crippen LogP contribution in [0.2, 0.25) is 0 Å². The van der Waals surface area contributed by atoms with Crippen molar-refractivity contribution in [2.24, 2.45) is 5.92 Å². The maximum Gasteiger partial charge on any atom is 0.313 e. The topological polar surface area (TPSA) is 44.8 Å². The Morgan fingerprint density at radius 2 is 2.27 bits per heavy atom. The van der Waals surface area contributed by atoms with Crippen LogP contribution in [0.1, 0.15) is 6.42 Å². The van der Waals surface area contributed by atoms with Crippen LogP contribution >= 0.6 is 0 Å². The fraction of sp³-hybridized carbons (Fsp3) is 0.857. The Balaban J connectivity index is 2.49. The predicted molar refractivity (Wildman–Crippen MR) is 36.9 cm³/mol. The monoisotopic (exact) mass is 160 g/mol. The molecule has 0 aliphatic carbocycles. The minimum absolute atomic E-state index is 0.245. The van der Waals surface area contributed by atoms with Crippen molar-refractivity contribution in [1.82, 2.24) is 0 Å². The summed E-state index contributed by atoms with van der Waals surface area (Å²) >= 11 is 0. The predicted octanol–water partition coefficient (Wildman–Crippen LogP) is 0.168. The quantitative estimate of drug-likeness (QED) is 0.540. The third-order valence-electron chi connectivity index (χ3n) is 1.78. The van der Waals surface area contributed by atoms with Gasteiger partial charge < -0.3 is 14.2 Å². The highest BCUT2D eigenvalue weighted by Crippen LogP contribution is 2.22. The van der Waals surface area contributed by atoms with Gasteiger partial charge in [0.15, 0.2) is 6.29 Å². The van der Waals surface area contributed by atoms with Gasteiger partial charge in [0.05, 0.1) is 13.7 Å². The highest BCUT2D eigenvalue weighted by molar-refractivity contribution is 5.72. The zero-order valence-corrected chi connectivity index (χ0v) is 6.70. The van der Waals surface area contributed by atoms with Crippen LogP contribution in [-0.4, -0.2) is 33.1 Å². The normalized spacial score (nSPS) is 30.4. The molecule has 1 aliphatic rings. The fourth-order valence-corrected chi connectivity index (χ4v) is 1.18. The molecular formula is C7H12O4. The van der Waals surface area contributed by atoms with Crippen LogP contribution in [0.3, 0.4) is 0 Å². The molecule has 0 radical (unpaired) electrons. The van der Waals surface area contributed by atoms with Crippen molar-refractivity contribution in [2.75, 3.05) is 20.8 Å². The number of hydrogen-bond donors (Lipinski definition) is 0. The van der Waals surface area contributed by atoms with E-state index >= 15 is 0 Å². The van der Waals surface area contributed by atoms with Gasteiger partial charge in [-0.25, -0.2) is 0 Å². The molecule has 4 heteroatoms. The Morgan fingerprint density at radius 1 is 1.55 bits per heavy atom. The molecule has 0 aromatic rings. The summed E-state index contributed by atoms with van der Waals surface area (Å²) in [7, 11) is 2.89. The van der Waals surface area contributed by atoms with E-state index in [4.69, 9.17) is 9.47 Å². The first kappa shape index (κ1) is 8.49. The van der Waals surface area contributed by atoms with E-state index in [0.717, 1.165) is 0 Å². The number of rotatable bonds is 2. The zero-order chi connectivity index (χ0) is 8.27. The van der Waals surface area contributed by atoms with Gasteiger partial charge in [0.2, 0.25) is 0 Å². The molecule has 1 fully saturated rings. The lowest BCUT2D eigenvalue weighted by Gasteiger charge is -2.13. The summed E-state index contributed by atoms with van der Waals surface area (Å²) in [5, 5.41) is 0. The maximum atomic E-state index is 11.0. The van der Waals surface area contributed by atoms with Crippen molar-refractivity contribution < 1.29 is 19.0 Å². The molecule has 0 spiro atoms. The van der Waals surface area contributed by atoms with Crippen LogP contribution in [0.25, 0.3) is 0 Å². The molecule has 1 rings (SSSR count). The van der Waals surface area contributed by atoms with Crippen LogP contribution in [0.4, 0.5) is 0 Å². The van der Waals surface area contributed by atoms with Gasteiger partial charge >= 0.3 is 5.97 Å². The lowest BCUT2D eigenvalue weighted by Crippen LogP contribution is -2.26. The van der Waals surface area contributed by atoms with Crippen molar-refractivity contribution in [1.29, 1.82) is 0 Å². The average molecular weight is 160 g/mol. The van der Waals surface area contributed by atoms with E-state index in [1.165, 1.54) is 14.2 Å². The largest absolute Gasteiger partial charge is 0.469 e. The molecule has 4 nitrogen and oxygen atoms in total. The van der Waals surface area contributed by atoms with Crippen molar-refractivity contribution in [2.45, 2.75) is 12.7 Å². The Hall–Kier alpha value is -0.610. The van der Waals surface area contributed by atoms with E-state index in [9.17, 15) is 4.79 Å². The third kappa shape index (κ3) is 1.70. The first-order valence-corrected chi connectivity index (χ1v) is 3.52. The van der Waals surface area contributed by atoms with E-state index in [1.807, 2.05) is 0 Å². The standard InChI is InChI=1S/C7H12O4/c1-9-6(8)5-3-4-11-7(5)10-2/h5,7H,3-4H2,1-2H3/t5-,7-/m0/s1. The number of esters is 1. The van der Waals surface area contributed by atoms with Gasteiger partial charge in [-0.05, 0) is 6.42 Å². The molecule has 0 N–H and O–H groups in total. The molecule has 0 aromatic heterocycles. The summed E-state index contributed by atoms with van der Waals surface area (Å²) in [6, 6.07) is 0. The summed E-state index contributed by atoms with van der Waals surface area (Å²) in [6.07, 6.45) is 0.271. The van der Waals surface area contributed by atoms with Crippen molar-refractivity contribution in [3.05, 3.63) is 0 Å². The summed E-state index contributed by atoms with van der Waals surface area (Å²) in [4.78, 5) is 11.0. The Labute approximate surface area is 65.4 Å². The van der Waals surface area contributed by atoms with E-state index < -0.39 is 6.29 Å². The third-order valence-corrected chi connectivity index (χ3v) is 1.78. The molecular weight excluding hydrogens is 148 g/mol. The SMILES string of the molecule is COC(=O)[C@@H]1CCO[C@@H]1OC. The van der Waals surface area contributed by atoms with Gasteiger partial charge in [0.1, 0.15) is 5.92 Å². The van der Waals surface area contributed by atoms with E-state index in [-0.39, 0.29) is 11.9 Å². The van der Waals surface area contributed by atoms with Crippen LogP contribution in [-0.2, 0) is 19.0 Å². The molecule has 64 valence electrons. The molecule has 0 aromatic carbocycles. The summed E-state index contributed by atoms with van der Waals surface area (Å²) in [5.74, 6) is -0.501. The molecule has 1 heterocycles. The molecule has 0 saturated carbocycles. The number of ether oxygens (including phenoxy) is 3. The van der Waals surface area contributed by atoms with Gasteiger partial charge in [-0.15, -0.1) is 0 Å². The lowest BCUT2D eigenvalue weighted by molar-refractivity contribution is -0.161. The minimum atomic E-state index is -0.414. The first-order valence-electron chi connectivity index (χ1n) is 3.52. The van der Waals surface area contributed by atoms with Crippen LogP contribution in [0.15, 0.2) is 0 Å². The van der Waals surface area contributed by atoms with Gasteiger partial charge in [-0.1, -0.05) is 0 Å². The molecule has 1 saturated heterocycles. The zero-order valence-electron chi connectivity index (χ0n) is 6.70. The smallest absolute Gasteiger partial charge is 0.313 e. The summed E-state index contributed by atoms with van der Waals surface area (Å²) in [5.41, 5.74) is 0. The molecule has 2 atom stereocenters. The van der Waals surface area contributed by atoms with Crippen LogP contribution in [0, 0.1) is 5.92 Å². The van der Waals surface area contributed by atoms with E-state index in [2.05, 4.69) is 4.74 Å². The number of carbonyl (C=O) groups is 1. The molecule has 0 bridgehead atoms. The maximum absolute atomic E-state index is 11.0. The fourth-order valence-electron chi connectivity index (χ4n) is 1.18. The van der Waals surface area contributed by atoms with Crippen molar-refractivity contribution in [3.8, 4) is 0 Å². The van der Waals surface area contributed by atoms with Crippen molar-refractivity contribution in [3.63, 3.8) is 0 Å². The molecule has 1 aliphatic heterocycles. The second-order valence-electron chi connectivity index (χ2n) is 2.39. The lowest BCUT2D eigenvalue weighted by atomic mass is 10.1. The Morgan fingerprint density at radius 3 is 2.82 bits per heavy atom. The van der Waals surface area contributed by atoms with Crippen LogP contribution < -0.4 is 0 Å². The second-order valence-corrected chi connectivity index (χ2v) is 2.39. The van der Waals surface area contributed by atoms with Gasteiger partial charge in [-0.2, -0.15) is 0 Å². The minimum Gasteiger partial charge on any atom is -0.469 e. The highest BCUT2D eigenvalue weighted by atomic mass is 16.7. The number of hydrogen-bond acceptors (Lipinski definition) is 4. The van der Waals surface area contributed by atoms with Crippen molar-refractivity contribution >= 4 is 5.97 Å². The first-order chi connectivity index (χ1) is 5.29. The van der Waals surface area contributed by atoms with Crippen LogP contribution in [0.5, 0.6) is 0 Å². The van der Waals surface area contributed by atoms with E-state index in [1.54, 1.807) is 0 Å². The summed E-state index contributed by atoms with van der Waals surface area (Å²) < 4.78 is 14.6. The molecule has 0 unspecified atom stereocenters. The Bertz CT molecular complexity index is 145. The van der Waals surface area contributed by atoms with Gasteiger partial charge in [0.25, 0.3) is 0 Å². The summed E-state index contributed by atoms with van der Waals surface area (Å²) in [6.45, 7) is 0.568. The second kappa shape index (κ2) is 3.69. The number of carbonyl (C=O) groups excluding carboxylic acids is 1. The average Bonchev–Trinajstić information content (AvgIpc) is 2.50. The van der Waals surface area contributed by atoms with Gasteiger partial charge in [0, 0.05) is 7.11 Å². The highest BCUT2D eigenvalue weighted by Gasteiger charge is 2.34.